The van der Waals surface area contributed by atoms with Crippen molar-refractivity contribution >= 4 is 30.4 Å². The van der Waals surface area contributed by atoms with Gasteiger partial charge in [0.25, 0.3) is 0 Å². The van der Waals surface area contributed by atoms with Crippen LogP contribution in [0.5, 0.6) is 0 Å². The Balaban J connectivity index is 1.98. The Labute approximate surface area is 147 Å². The largest absolute Gasteiger partial charge is 0.480 e. The lowest BCUT2D eigenvalue weighted by Crippen LogP contribution is -2.55. The van der Waals surface area contributed by atoms with Crippen LogP contribution in [-0.4, -0.2) is 46.9 Å². The summed E-state index contributed by atoms with van der Waals surface area (Å²) < 4.78 is 0. The Morgan fingerprint density at radius 1 is 1.33 bits per heavy atom. The van der Waals surface area contributed by atoms with Crippen molar-refractivity contribution in [3.05, 3.63) is 29.3 Å². The van der Waals surface area contributed by atoms with Crippen LogP contribution >= 0.6 is 11.6 Å². The number of anilines is 1. The number of benzene rings is 1. The molecule has 0 aliphatic carbocycles. The molecule has 1 aromatic rings. The summed E-state index contributed by atoms with van der Waals surface area (Å²) in [5.74, 6) is -1.14. The third-order valence-corrected chi connectivity index (χ3v) is 5.06. The number of carboxylic acids is 1. The quantitative estimate of drug-likeness (QED) is 0.417. The van der Waals surface area contributed by atoms with Crippen LogP contribution in [0.4, 0.5) is 5.69 Å². The van der Waals surface area contributed by atoms with Gasteiger partial charge in [-0.05, 0) is 43.4 Å². The highest BCUT2D eigenvalue weighted by Gasteiger charge is 2.44. The molecule has 0 radical (unpaired) electrons. The number of halogens is 1. The van der Waals surface area contributed by atoms with Gasteiger partial charge in [0, 0.05) is 29.7 Å². The van der Waals surface area contributed by atoms with E-state index < -0.39 is 18.6 Å². The molecule has 1 aliphatic heterocycles. The van der Waals surface area contributed by atoms with Crippen LogP contribution in [-0.2, 0) is 4.79 Å². The van der Waals surface area contributed by atoms with Crippen molar-refractivity contribution in [3.63, 3.8) is 0 Å². The van der Waals surface area contributed by atoms with E-state index in [0.29, 0.717) is 37.3 Å². The third-order valence-electron chi connectivity index (χ3n) is 4.81. The number of carboxylic acid groups (broad SMARTS) is 1. The molecule has 8 heteroatoms. The molecular formula is C16H24BClN2O4. The van der Waals surface area contributed by atoms with Crippen LogP contribution in [0.25, 0.3) is 0 Å². The summed E-state index contributed by atoms with van der Waals surface area (Å²) >= 11 is 5.90. The van der Waals surface area contributed by atoms with E-state index in [9.17, 15) is 9.90 Å². The molecule has 0 bridgehead atoms. The number of unbranched alkanes of at least 4 members (excludes halogenated alkanes) is 1. The van der Waals surface area contributed by atoms with Gasteiger partial charge in [-0.15, -0.1) is 0 Å². The standard InChI is InChI=1S/C16H24BClN2O4/c18-13-3-5-14(6-4-13)20-10-7-12(11-20)16(19,15(21)22)8-1-2-9-17(23)24/h3-6,12,23-24H,1-2,7-11,19H2,(H,21,22)/t12?,16-/m0/s1. The van der Waals surface area contributed by atoms with Crippen molar-refractivity contribution < 1.29 is 19.9 Å². The van der Waals surface area contributed by atoms with Gasteiger partial charge in [0.2, 0.25) is 0 Å². The number of nitrogens with two attached hydrogens (primary N) is 1. The minimum atomic E-state index is -1.35. The molecule has 0 saturated carbocycles. The zero-order chi connectivity index (χ0) is 17.7. The fourth-order valence-electron chi connectivity index (χ4n) is 3.30. The number of carbonyl (C=O) groups is 1. The van der Waals surface area contributed by atoms with Crippen LogP contribution in [0.15, 0.2) is 24.3 Å². The molecule has 24 heavy (non-hydrogen) atoms. The van der Waals surface area contributed by atoms with E-state index in [2.05, 4.69) is 4.90 Å². The molecule has 0 aromatic heterocycles. The molecule has 2 atom stereocenters. The first-order valence-corrected chi connectivity index (χ1v) is 8.59. The van der Waals surface area contributed by atoms with Gasteiger partial charge in [-0.1, -0.05) is 24.4 Å². The topological polar surface area (TPSA) is 107 Å². The number of rotatable bonds is 8. The van der Waals surface area contributed by atoms with Crippen molar-refractivity contribution in [2.45, 2.75) is 37.5 Å². The van der Waals surface area contributed by atoms with Crippen LogP contribution < -0.4 is 10.6 Å². The first kappa shape index (κ1) is 19.1. The zero-order valence-corrected chi connectivity index (χ0v) is 14.3. The van der Waals surface area contributed by atoms with Crippen molar-refractivity contribution in [2.75, 3.05) is 18.0 Å². The second-order valence-corrected chi connectivity index (χ2v) is 6.92. The smallest absolute Gasteiger partial charge is 0.451 e. The number of nitrogens with zero attached hydrogens (tertiary/aromatic N) is 1. The first-order chi connectivity index (χ1) is 11.3. The average molecular weight is 355 g/mol. The highest BCUT2D eigenvalue weighted by molar-refractivity contribution is 6.40. The van der Waals surface area contributed by atoms with Gasteiger partial charge in [0.1, 0.15) is 5.54 Å². The van der Waals surface area contributed by atoms with Gasteiger partial charge in [-0.25, -0.2) is 0 Å². The van der Waals surface area contributed by atoms with E-state index in [1.54, 1.807) is 0 Å². The molecule has 1 aromatic carbocycles. The second-order valence-electron chi connectivity index (χ2n) is 6.48. The molecule has 2 rings (SSSR count). The second kappa shape index (κ2) is 8.20. The maximum Gasteiger partial charge on any atom is 0.451 e. The normalized spacial score (nSPS) is 20.0. The highest BCUT2D eigenvalue weighted by atomic mass is 35.5. The monoisotopic (exact) mass is 354 g/mol. The fraction of sp³-hybridized carbons (Fsp3) is 0.562. The van der Waals surface area contributed by atoms with Gasteiger partial charge in [0.15, 0.2) is 0 Å². The first-order valence-electron chi connectivity index (χ1n) is 8.22. The third kappa shape index (κ3) is 4.63. The van der Waals surface area contributed by atoms with E-state index in [0.717, 1.165) is 12.2 Å². The Morgan fingerprint density at radius 2 is 2.00 bits per heavy atom. The molecule has 1 unspecified atom stereocenters. The van der Waals surface area contributed by atoms with Crippen molar-refractivity contribution in [3.8, 4) is 0 Å². The molecular weight excluding hydrogens is 330 g/mol. The molecule has 1 aliphatic rings. The predicted octanol–water partition coefficient (Wildman–Crippen LogP) is 1.59. The summed E-state index contributed by atoms with van der Waals surface area (Å²) in [6, 6.07) is 7.48. The van der Waals surface area contributed by atoms with Crippen molar-refractivity contribution in [2.24, 2.45) is 11.7 Å². The highest BCUT2D eigenvalue weighted by Crippen LogP contribution is 2.33. The van der Waals surface area contributed by atoms with E-state index in [4.69, 9.17) is 27.4 Å². The lowest BCUT2D eigenvalue weighted by molar-refractivity contribution is -0.145. The molecule has 1 saturated heterocycles. The lowest BCUT2D eigenvalue weighted by atomic mass is 9.77. The summed E-state index contributed by atoms with van der Waals surface area (Å²) in [6.07, 6.45) is 2.37. The van der Waals surface area contributed by atoms with E-state index >= 15 is 0 Å². The predicted molar refractivity (Wildman–Crippen MR) is 95.2 cm³/mol. The van der Waals surface area contributed by atoms with E-state index in [1.165, 1.54) is 0 Å². The van der Waals surface area contributed by atoms with Crippen LogP contribution in [0.3, 0.4) is 0 Å². The molecule has 132 valence electrons. The summed E-state index contributed by atoms with van der Waals surface area (Å²) in [7, 11) is -1.35. The molecule has 0 spiro atoms. The average Bonchev–Trinajstić information content (AvgIpc) is 3.02. The summed E-state index contributed by atoms with van der Waals surface area (Å²) in [6.45, 7) is 1.35. The van der Waals surface area contributed by atoms with Crippen LogP contribution in [0, 0.1) is 5.92 Å². The maximum atomic E-state index is 11.8. The molecule has 5 N–H and O–H groups in total. The van der Waals surface area contributed by atoms with E-state index in [-0.39, 0.29) is 12.2 Å². The molecule has 0 amide bonds. The molecule has 1 heterocycles. The Bertz CT molecular complexity index is 558. The van der Waals surface area contributed by atoms with Gasteiger partial charge in [-0.2, -0.15) is 0 Å². The number of hydrogen-bond donors (Lipinski definition) is 4. The van der Waals surface area contributed by atoms with E-state index in [1.807, 2.05) is 24.3 Å². The lowest BCUT2D eigenvalue weighted by Gasteiger charge is -2.31. The van der Waals surface area contributed by atoms with Crippen LogP contribution in [0.2, 0.25) is 11.3 Å². The number of hydrogen-bond acceptors (Lipinski definition) is 5. The van der Waals surface area contributed by atoms with Crippen molar-refractivity contribution in [1.29, 1.82) is 0 Å². The summed E-state index contributed by atoms with van der Waals surface area (Å²) in [5.41, 5.74) is 5.98. The molecule has 6 nitrogen and oxygen atoms in total. The minimum absolute atomic E-state index is 0.148. The van der Waals surface area contributed by atoms with Crippen LogP contribution in [0.1, 0.15) is 25.7 Å². The summed E-state index contributed by atoms with van der Waals surface area (Å²) in [4.78, 5) is 13.9. The van der Waals surface area contributed by atoms with Crippen molar-refractivity contribution in [1.82, 2.24) is 0 Å². The van der Waals surface area contributed by atoms with Gasteiger partial charge >= 0.3 is 13.1 Å². The summed E-state index contributed by atoms with van der Waals surface area (Å²) in [5, 5.41) is 28.1. The number of aliphatic carboxylic acids is 1. The Morgan fingerprint density at radius 3 is 2.58 bits per heavy atom. The molecule has 1 fully saturated rings. The maximum absolute atomic E-state index is 11.8. The minimum Gasteiger partial charge on any atom is -0.480 e. The zero-order valence-electron chi connectivity index (χ0n) is 13.6. The Hall–Kier alpha value is -1.28. The fourth-order valence-corrected chi connectivity index (χ4v) is 3.42. The Kier molecular flexibility index (Phi) is 6.51. The van der Waals surface area contributed by atoms with Gasteiger partial charge < -0.3 is 25.8 Å². The van der Waals surface area contributed by atoms with Gasteiger partial charge in [-0.3, -0.25) is 4.79 Å². The van der Waals surface area contributed by atoms with Gasteiger partial charge in [0.05, 0.1) is 0 Å². The SMILES string of the molecule is N[C@](CCCCB(O)O)(C(=O)O)C1CCN(c2ccc(Cl)cc2)C1.